The minimum atomic E-state index is -0.634. The minimum absolute atomic E-state index is 0.160. The number of nitrogens with zero attached hydrogens (tertiary/aromatic N) is 2. The summed E-state index contributed by atoms with van der Waals surface area (Å²) >= 11 is 0. The number of amides is 2. The van der Waals surface area contributed by atoms with Crippen LogP contribution < -0.4 is 26.8 Å². The number of carbonyl (C=O) groups excluding carboxylic acids is 2. The summed E-state index contributed by atoms with van der Waals surface area (Å²) in [6, 6.07) is 6.43. The Bertz CT molecular complexity index is 986. The fraction of sp³-hybridized carbons (Fsp3) is 0.222. The van der Waals surface area contributed by atoms with Gasteiger partial charge in [0.15, 0.2) is 0 Å². The lowest BCUT2D eigenvalue weighted by molar-refractivity contribution is -0.117. The summed E-state index contributed by atoms with van der Waals surface area (Å²) in [5, 5.41) is 0. The van der Waals surface area contributed by atoms with Crippen molar-refractivity contribution in [2.24, 2.45) is 14.1 Å². The highest BCUT2D eigenvalue weighted by atomic mass is 16.5. The molecule has 0 saturated carbocycles. The molecular weight excluding hydrogens is 352 g/mol. The molecule has 0 aliphatic carbocycles. The Morgan fingerprint density at radius 3 is 2.41 bits per heavy atom. The number of aromatic nitrogens is 2. The van der Waals surface area contributed by atoms with E-state index >= 15 is 0 Å². The van der Waals surface area contributed by atoms with E-state index in [4.69, 9.17) is 4.74 Å². The van der Waals surface area contributed by atoms with E-state index < -0.39 is 23.1 Å². The van der Waals surface area contributed by atoms with Crippen LogP contribution in [0.1, 0.15) is 22.8 Å². The zero-order valence-corrected chi connectivity index (χ0v) is 15.2. The molecule has 142 valence electrons. The number of hydrazine groups is 1. The van der Waals surface area contributed by atoms with Crippen molar-refractivity contribution in [1.29, 1.82) is 0 Å². The van der Waals surface area contributed by atoms with E-state index in [2.05, 4.69) is 10.9 Å². The van der Waals surface area contributed by atoms with Crippen molar-refractivity contribution in [2.75, 3.05) is 6.61 Å². The lowest BCUT2D eigenvalue weighted by Gasteiger charge is -2.07. The first kappa shape index (κ1) is 19.7. The van der Waals surface area contributed by atoms with Gasteiger partial charge in [-0.3, -0.25) is 29.8 Å². The Morgan fingerprint density at radius 1 is 1.11 bits per heavy atom. The van der Waals surface area contributed by atoms with E-state index in [0.717, 1.165) is 10.6 Å². The van der Waals surface area contributed by atoms with Crippen LogP contribution in [0.25, 0.3) is 6.08 Å². The number of nitrogens with one attached hydrogen (secondary N) is 2. The summed E-state index contributed by atoms with van der Waals surface area (Å²) in [6.07, 6.45) is 3.67. The van der Waals surface area contributed by atoms with E-state index in [1.165, 1.54) is 30.9 Å². The molecule has 1 heterocycles. The van der Waals surface area contributed by atoms with Crippen molar-refractivity contribution in [3.63, 3.8) is 0 Å². The molecule has 1 aromatic heterocycles. The van der Waals surface area contributed by atoms with Gasteiger partial charge in [0.25, 0.3) is 17.4 Å². The molecule has 27 heavy (non-hydrogen) atoms. The zero-order valence-electron chi connectivity index (χ0n) is 15.2. The second-order valence-electron chi connectivity index (χ2n) is 5.58. The van der Waals surface area contributed by atoms with Crippen LogP contribution >= 0.6 is 0 Å². The van der Waals surface area contributed by atoms with Gasteiger partial charge in [-0.05, 0) is 37.3 Å². The standard InChI is InChI=1S/C18H20N4O5/c1-4-27-14-8-5-12(6-9-14)16(24)20-19-15(23)10-7-13-11-21(2)18(26)22(3)17(13)25/h5-11H,4H2,1-3H3,(H,19,23)(H,20,24)/b10-7+. The average Bonchev–Trinajstić information content (AvgIpc) is 2.67. The van der Waals surface area contributed by atoms with Gasteiger partial charge in [-0.2, -0.15) is 0 Å². The van der Waals surface area contributed by atoms with Crippen LogP contribution in [0.2, 0.25) is 0 Å². The van der Waals surface area contributed by atoms with E-state index in [1.807, 2.05) is 6.92 Å². The third-order valence-corrected chi connectivity index (χ3v) is 3.61. The van der Waals surface area contributed by atoms with Gasteiger partial charge in [0.05, 0.1) is 12.2 Å². The van der Waals surface area contributed by atoms with Crippen LogP contribution in [0.5, 0.6) is 5.75 Å². The molecular formula is C18H20N4O5. The predicted molar refractivity (Wildman–Crippen MR) is 99.2 cm³/mol. The topological polar surface area (TPSA) is 111 Å². The first-order valence-electron chi connectivity index (χ1n) is 8.11. The Kier molecular flexibility index (Phi) is 6.32. The molecule has 0 aliphatic rings. The highest BCUT2D eigenvalue weighted by molar-refractivity contribution is 5.97. The summed E-state index contributed by atoms with van der Waals surface area (Å²) in [5.41, 5.74) is 3.99. The second-order valence-corrected chi connectivity index (χ2v) is 5.58. The van der Waals surface area contributed by atoms with Gasteiger partial charge in [-0.1, -0.05) is 0 Å². The molecule has 0 radical (unpaired) electrons. The zero-order chi connectivity index (χ0) is 20.0. The quantitative estimate of drug-likeness (QED) is 0.565. The first-order chi connectivity index (χ1) is 12.8. The molecule has 9 nitrogen and oxygen atoms in total. The molecule has 0 saturated heterocycles. The van der Waals surface area contributed by atoms with Crippen molar-refractivity contribution in [3.8, 4) is 5.75 Å². The molecule has 9 heteroatoms. The molecule has 0 bridgehead atoms. The van der Waals surface area contributed by atoms with Crippen molar-refractivity contribution in [2.45, 2.75) is 6.92 Å². The van der Waals surface area contributed by atoms with Crippen LogP contribution in [0.15, 0.2) is 46.1 Å². The van der Waals surface area contributed by atoms with Crippen LogP contribution in [0.3, 0.4) is 0 Å². The van der Waals surface area contributed by atoms with Crippen LogP contribution in [-0.2, 0) is 18.9 Å². The highest BCUT2D eigenvalue weighted by Crippen LogP contribution is 2.11. The number of aryl methyl sites for hydroxylation is 1. The molecule has 0 aliphatic heterocycles. The largest absolute Gasteiger partial charge is 0.494 e. The maximum Gasteiger partial charge on any atom is 0.330 e. The lowest BCUT2D eigenvalue weighted by atomic mass is 10.2. The smallest absolute Gasteiger partial charge is 0.330 e. The monoisotopic (exact) mass is 372 g/mol. The van der Waals surface area contributed by atoms with E-state index in [-0.39, 0.29) is 5.56 Å². The number of hydrogen-bond donors (Lipinski definition) is 2. The molecule has 2 N–H and O–H groups in total. The molecule has 1 aromatic carbocycles. The summed E-state index contributed by atoms with van der Waals surface area (Å²) in [4.78, 5) is 47.4. The van der Waals surface area contributed by atoms with Gasteiger partial charge in [-0.25, -0.2) is 4.79 Å². The third kappa shape index (κ3) is 4.94. The van der Waals surface area contributed by atoms with E-state index in [9.17, 15) is 19.2 Å². The fourth-order valence-corrected chi connectivity index (χ4v) is 2.22. The minimum Gasteiger partial charge on any atom is -0.494 e. The predicted octanol–water partition coefficient (Wildman–Crippen LogP) is -0.0429. The molecule has 2 amide bonds. The molecule has 0 unspecified atom stereocenters. The number of rotatable bonds is 5. The van der Waals surface area contributed by atoms with Crippen molar-refractivity contribution >= 4 is 17.9 Å². The lowest BCUT2D eigenvalue weighted by Crippen LogP contribution is -2.41. The third-order valence-electron chi connectivity index (χ3n) is 3.61. The SMILES string of the molecule is CCOc1ccc(C(=O)NNC(=O)/C=C/c2cn(C)c(=O)n(C)c2=O)cc1. The summed E-state index contributed by atoms with van der Waals surface area (Å²) < 4.78 is 7.45. The van der Waals surface area contributed by atoms with Gasteiger partial charge < -0.3 is 9.30 Å². The summed E-state index contributed by atoms with van der Waals surface area (Å²) in [7, 11) is 2.84. The summed E-state index contributed by atoms with van der Waals surface area (Å²) in [6.45, 7) is 2.38. The van der Waals surface area contributed by atoms with Crippen molar-refractivity contribution in [3.05, 3.63) is 68.5 Å². The normalized spacial score (nSPS) is 10.6. The Balaban J connectivity index is 1.98. The average molecular weight is 372 g/mol. The van der Waals surface area contributed by atoms with Crippen LogP contribution in [0.4, 0.5) is 0 Å². The maximum absolute atomic E-state index is 12.0. The number of hydrogen-bond acceptors (Lipinski definition) is 5. The Morgan fingerprint density at radius 2 is 1.78 bits per heavy atom. The van der Waals surface area contributed by atoms with E-state index in [1.54, 1.807) is 24.3 Å². The van der Waals surface area contributed by atoms with Gasteiger partial charge in [0.1, 0.15) is 5.75 Å². The van der Waals surface area contributed by atoms with Crippen LogP contribution in [0, 0.1) is 0 Å². The molecule has 0 spiro atoms. The first-order valence-corrected chi connectivity index (χ1v) is 8.11. The molecule has 0 atom stereocenters. The van der Waals surface area contributed by atoms with Crippen molar-refractivity contribution in [1.82, 2.24) is 20.0 Å². The maximum atomic E-state index is 12.0. The Labute approximate surface area is 154 Å². The van der Waals surface area contributed by atoms with Gasteiger partial charge >= 0.3 is 5.69 Å². The van der Waals surface area contributed by atoms with Gasteiger partial charge in [-0.15, -0.1) is 0 Å². The number of benzene rings is 1. The van der Waals surface area contributed by atoms with Crippen LogP contribution in [-0.4, -0.2) is 27.6 Å². The Hall–Kier alpha value is -3.62. The molecule has 0 fully saturated rings. The fourth-order valence-electron chi connectivity index (χ4n) is 2.22. The van der Waals surface area contributed by atoms with Gasteiger partial charge in [0.2, 0.25) is 0 Å². The van der Waals surface area contributed by atoms with E-state index in [0.29, 0.717) is 17.9 Å². The second kappa shape index (κ2) is 8.65. The summed E-state index contributed by atoms with van der Waals surface area (Å²) in [5.74, 6) is -0.497. The number of carbonyl (C=O) groups is 2. The number of ether oxygens (including phenoxy) is 1. The highest BCUT2D eigenvalue weighted by Gasteiger charge is 2.07. The van der Waals surface area contributed by atoms with Gasteiger partial charge in [0, 0.05) is 31.9 Å². The van der Waals surface area contributed by atoms with Crippen molar-refractivity contribution < 1.29 is 14.3 Å². The molecule has 2 rings (SSSR count). The molecule has 2 aromatic rings.